The number of carbonyl (C=O) groups is 1. The van der Waals surface area contributed by atoms with E-state index in [1.165, 1.54) is 24.3 Å². The van der Waals surface area contributed by atoms with Gasteiger partial charge in [0.25, 0.3) is 5.91 Å². The quantitative estimate of drug-likeness (QED) is 0.719. The van der Waals surface area contributed by atoms with Crippen LogP contribution in [0.25, 0.3) is 0 Å². The van der Waals surface area contributed by atoms with Gasteiger partial charge in [0, 0.05) is 6.26 Å². The van der Waals surface area contributed by atoms with Gasteiger partial charge in [-0.25, -0.2) is 12.8 Å². The number of carbonyl (C=O) groups excluding carboxylic acids is 1. The van der Waals surface area contributed by atoms with Gasteiger partial charge >= 0.3 is 0 Å². The van der Waals surface area contributed by atoms with Crippen molar-refractivity contribution >= 4 is 15.7 Å². The lowest BCUT2D eigenvalue weighted by Gasteiger charge is -2.21. The van der Waals surface area contributed by atoms with E-state index in [0.29, 0.717) is 12.2 Å². The van der Waals surface area contributed by atoms with Crippen molar-refractivity contribution in [2.24, 2.45) is 0 Å². The van der Waals surface area contributed by atoms with E-state index in [9.17, 15) is 22.7 Å². The number of rotatable bonds is 6. The van der Waals surface area contributed by atoms with E-state index in [2.05, 4.69) is 5.32 Å². The zero-order valence-electron chi connectivity index (χ0n) is 11.3. The Hall–Kier alpha value is -1.51. The second-order valence-corrected chi connectivity index (χ2v) is 6.89. The van der Waals surface area contributed by atoms with Gasteiger partial charge in [-0.15, -0.1) is 0 Å². The van der Waals surface area contributed by atoms with Gasteiger partial charge in [0.15, 0.2) is 15.9 Å². The Kier molecular flexibility index (Phi) is 4.60. The third kappa shape index (κ3) is 3.99. The van der Waals surface area contributed by atoms with Crippen molar-refractivity contribution in [2.45, 2.75) is 23.1 Å². The topological polar surface area (TPSA) is 96.0 Å². The summed E-state index contributed by atoms with van der Waals surface area (Å²) in [6.45, 7) is -0.655. The number of epoxide rings is 1. The smallest absolute Gasteiger partial charge is 0.251 e. The van der Waals surface area contributed by atoms with E-state index < -0.39 is 40.7 Å². The highest BCUT2D eigenvalue weighted by Crippen LogP contribution is 2.20. The van der Waals surface area contributed by atoms with Crippen LogP contribution in [0.4, 0.5) is 4.39 Å². The van der Waals surface area contributed by atoms with Crippen molar-refractivity contribution < 1.29 is 27.4 Å². The van der Waals surface area contributed by atoms with Crippen LogP contribution in [0, 0.1) is 0 Å². The van der Waals surface area contributed by atoms with Crippen molar-refractivity contribution in [3.05, 3.63) is 29.8 Å². The van der Waals surface area contributed by atoms with Crippen molar-refractivity contribution in [2.75, 3.05) is 19.5 Å². The summed E-state index contributed by atoms with van der Waals surface area (Å²) in [5.41, 5.74) is 0.321. The minimum absolute atomic E-state index is 0.102. The molecule has 3 atom stereocenters. The molecule has 0 aromatic heterocycles. The van der Waals surface area contributed by atoms with Crippen LogP contribution < -0.4 is 5.32 Å². The molecule has 1 fully saturated rings. The summed E-state index contributed by atoms with van der Waals surface area (Å²) < 4.78 is 40.4. The van der Waals surface area contributed by atoms with Gasteiger partial charge in [-0.3, -0.25) is 4.79 Å². The lowest BCUT2D eigenvalue weighted by molar-refractivity contribution is -0.124. The number of amides is 1. The molecule has 0 saturated carbocycles. The molecule has 1 aromatic rings. The largest absolute Gasteiger partial charge is 0.386 e. The highest BCUT2D eigenvalue weighted by molar-refractivity contribution is 7.90. The summed E-state index contributed by atoms with van der Waals surface area (Å²) in [6.07, 6.45) is -0.774. The average Bonchev–Trinajstić information content (AvgIpc) is 3.27. The lowest BCUT2D eigenvalue weighted by Crippen LogP contribution is -2.43. The maximum Gasteiger partial charge on any atom is 0.251 e. The second-order valence-electron chi connectivity index (χ2n) is 4.88. The first-order valence-corrected chi connectivity index (χ1v) is 8.18. The van der Waals surface area contributed by atoms with Crippen molar-refractivity contribution in [3.8, 4) is 0 Å². The Labute approximate surface area is 121 Å². The molecule has 0 aliphatic carbocycles. The lowest BCUT2D eigenvalue weighted by atomic mass is 10.0. The number of ether oxygens (including phenoxy) is 1. The summed E-state index contributed by atoms with van der Waals surface area (Å²) in [6, 6.07) is 4.34. The summed E-state index contributed by atoms with van der Waals surface area (Å²) in [5.74, 6) is -0.468. The Morgan fingerprint density at radius 3 is 2.48 bits per heavy atom. The molecule has 1 saturated heterocycles. The fraction of sp³-hybridized carbons (Fsp3) is 0.462. The molecule has 116 valence electrons. The van der Waals surface area contributed by atoms with Crippen LogP contribution in [-0.4, -0.2) is 51.1 Å². The minimum Gasteiger partial charge on any atom is -0.386 e. The molecule has 1 aromatic carbocycles. The number of sulfone groups is 1. The Morgan fingerprint density at radius 1 is 1.48 bits per heavy atom. The Bertz CT molecular complexity index is 612. The fourth-order valence-corrected chi connectivity index (χ4v) is 2.45. The average molecular weight is 317 g/mol. The molecule has 21 heavy (non-hydrogen) atoms. The molecule has 0 spiro atoms. The Balaban J connectivity index is 2.09. The number of hydrogen-bond acceptors (Lipinski definition) is 5. The number of aliphatic hydroxyl groups excluding tert-OH is 1. The predicted octanol–water partition coefficient (Wildman–Crippen LogP) is -0.0234. The van der Waals surface area contributed by atoms with Crippen LogP contribution in [0.3, 0.4) is 0 Å². The first kappa shape index (κ1) is 15.9. The number of alkyl halides is 1. The third-order valence-corrected chi connectivity index (χ3v) is 4.28. The van der Waals surface area contributed by atoms with E-state index in [1.807, 2.05) is 0 Å². The van der Waals surface area contributed by atoms with Gasteiger partial charge in [0.1, 0.15) is 12.8 Å². The number of halogens is 1. The van der Waals surface area contributed by atoms with E-state index in [1.54, 1.807) is 0 Å². The number of hydrogen-bond donors (Lipinski definition) is 2. The maximum absolute atomic E-state index is 13.0. The van der Waals surface area contributed by atoms with Crippen LogP contribution in [0.15, 0.2) is 29.2 Å². The monoisotopic (exact) mass is 317 g/mol. The van der Waals surface area contributed by atoms with E-state index in [4.69, 9.17) is 4.74 Å². The first-order valence-electron chi connectivity index (χ1n) is 6.29. The molecule has 8 heteroatoms. The molecular formula is C13H16FNO5S. The summed E-state index contributed by atoms with van der Waals surface area (Å²) in [4.78, 5) is 11.6. The van der Waals surface area contributed by atoms with Crippen LogP contribution in [0.5, 0.6) is 0 Å². The fourth-order valence-electron chi connectivity index (χ4n) is 1.82. The molecule has 1 aliphatic heterocycles. The first-order chi connectivity index (χ1) is 9.82. The summed E-state index contributed by atoms with van der Waals surface area (Å²) in [7, 11) is -3.34. The molecule has 6 nitrogen and oxygen atoms in total. The van der Waals surface area contributed by atoms with E-state index in [-0.39, 0.29) is 4.90 Å². The second kappa shape index (κ2) is 6.08. The zero-order chi connectivity index (χ0) is 15.6. The minimum atomic E-state index is -3.34. The SMILES string of the molecule is CS(=O)(=O)c1ccc([C@@H](O)[C@@H](CF)NC(=O)C2CO2)cc1. The Morgan fingerprint density at radius 2 is 2.05 bits per heavy atom. The predicted molar refractivity (Wildman–Crippen MR) is 72.2 cm³/mol. The highest BCUT2D eigenvalue weighted by atomic mass is 32.2. The van der Waals surface area contributed by atoms with Crippen molar-refractivity contribution in [1.82, 2.24) is 5.32 Å². The van der Waals surface area contributed by atoms with Gasteiger partial charge in [-0.2, -0.15) is 0 Å². The molecule has 1 unspecified atom stereocenters. The standard InChI is InChI=1S/C13H16FNO5S/c1-21(18,19)9-4-2-8(3-5-9)12(16)10(6-14)15-13(17)11-7-20-11/h2-5,10-12,16H,6-7H2,1H3,(H,15,17)/t10-,11?,12-/m1/s1. The summed E-state index contributed by atoms with van der Waals surface area (Å²) >= 11 is 0. The molecule has 2 N–H and O–H groups in total. The van der Waals surface area contributed by atoms with Gasteiger partial charge in [-0.1, -0.05) is 12.1 Å². The maximum atomic E-state index is 13.0. The van der Waals surface area contributed by atoms with Crippen molar-refractivity contribution in [1.29, 1.82) is 0 Å². The van der Waals surface area contributed by atoms with E-state index in [0.717, 1.165) is 6.26 Å². The summed E-state index contributed by atoms with van der Waals surface area (Å²) in [5, 5.41) is 12.4. The van der Waals surface area contributed by atoms with Gasteiger partial charge in [-0.05, 0) is 17.7 Å². The van der Waals surface area contributed by atoms with Crippen LogP contribution in [-0.2, 0) is 19.4 Å². The molecular weight excluding hydrogens is 301 g/mol. The van der Waals surface area contributed by atoms with Gasteiger partial charge in [0.05, 0.1) is 17.5 Å². The molecule has 1 aliphatic rings. The van der Waals surface area contributed by atoms with Crippen LogP contribution >= 0.6 is 0 Å². The van der Waals surface area contributed by atoms with E-state index >= 15 is 0 Å². The molecule has 1 heterocycles. The van der Waals surface area contributed by atoms with Crippen LogP contribution in [0.2, 0.25) is 0 Å². The number of aliphatic hydroxyl groups is 1. The van der Waals surface area contributed by atoms with Gasteiger partial charge in [0.2, 0.25) is 0 Å². The molecule has 1 amide bonds. The highest BCUT2D eigenvalue weighted by Gasteiger charge is 2.34. The zero-order valence-corrected chi connectivity index (χ0v) is 12.1. The number of benzene rings is 1. The van der Waals surface area contributed by atoms with Crippen molar-refractivity contribution in [3.63, 3.8) is 0 Å². The third-order valence-electron chi connectivity index (χ3n) is 3.15. The molecule has 0 radical (unpaired) electrons. The van der Waals surface area contributed by atoms with Crippen LogP contribution in [0.1, 0.15) is 11.7 Å². The molecule has 2 rings (SSSR count). The molecule has 0 bridgehead atoms. The van der Waals surface area contributed by atoms with Gasteiger partial charge < -0.3 is 15.2 Å². The number of nitrogens with one attached hydrogen (secondary N) is 1. The normalized spacial score (nSPS) is 20.6.